The van der Waals surface area contributed by atoms with Crippen LogP contribution < -0.4 is 10.0 Å². The smallest absolute Gasteiger partial charge is 0.407 e. The van der Waals surface area contributed by atoms with Gasteiger partial charge >= 0.3 is 6.09 Å². The molecule has 1 aliphatic carbocycles. The first kappa shape index (κ1) is 20.6. The zero-order chi connectivity index (χ0) is 20.4. The van der Waals surface area contributed by atoms with E-state index in [1.54, 1.807) is 24.3 Å². The van der Waals surface area contributed by atoms with Gasteiger partial charge in [0.1, 0.15) is 12.2 Å². The molecule has 3 fully saturated rings. The Morgan fingerprint density at radius 1 is 1.03 bits per heavy atom. The molecule has 2 aliphatic heterocycles. The van der Waals surface area contributed by atoms with Crippen molar-refractivity contribution in [1.29, 1.82) is 0 Å². The second kappa shape index (κ2) is 8.59. The van der Waals surface area contributed by atoms with Gasteiger partial charge in [-0.3, -0.25) is 0 Å². The molecule has 9 heteroatoms. The third-order valence-electron chi connectivity index (χ3n) is 5.83. The largest absolute Gasteiger partial charge is 0.441 e. The molecule has 0 radical (unpaired) electrons. The lowest BCUT2D eigenvalue weighted by atomic mass is 9.96. The van der Waals surface area contributed by atoms with E-state index in [4.69, 9.17) is 14.2 Å². The number of aryl methyl sites for hydroxylation is 1. The molecule has 2 saturated heterocycles. The summed E-state index contributed by atoms with van der Waals surface area (Å²) in [5.41, 5.74) is 0.985. The minimum absolute atomic E-state index is 0.160. The van der Waals surface area contributed by atoms with Gasteiger partial charge in [-0.2, -0.15) is 0 Å². The summed E-state index contributed by atoms with van der Waals surface area (Å²) >= 11 is 0. The summed E-state index contributed by atoms with van der Waals surface area (Å²) in [6, 6.07) is 6.28. The number of benzene rings is 1. The van der Waals surface area contributed by atoms with Crippen LogP contribution in [0.3, 0.4) is 0 Å². The lowest BCUT2D eigenvalue weighted by Gasteiger charge is -2.24. The quantitative estimate of drug-likeness (QED) is 0.748. The highest BCUT2D eigenvalue weighted by Crippen LogP contribution is 2.30. The van der Waals surface area contributed by atoms with Crippen LogP contribution in [0.1, 0.15) is 37.7 Å². The fourth-order valence-corrected chi connectivity index (χ4v) is 5.47. The van der Waals surface area contributed by atoms with Crippen LogP contribution in [0.25, 0.3) is 0 Å². The van der Waals surface area contributed by atoms with E-state index in [0.717, 1.165) is 31.2 Å². The summed E-state index contributed by atoms with van der Waals surface area (Å²) in [7, 11) is -3.69. The molecule has 0 unspecified atom stereocenters. The van der Waals surface area contributed by atoms with Gasteiger partial charge in [-0.15, -0.1) is 0 Å². The Morgan fingerprint density at radius 2 is 1.72 bits per heavy atom. The van der Waals surface area contributed by atoms with Gasteiger partial charge in [-0.25, -0.2) is 17.9 Å². The van der Waals surface area contributed by atoms with E-state index in [9.17, 15) is 13.2 Å². The number of hydrogen-bond donors (Lipinski definition) is 2. The predicted molar refractivity (Wildman–Crippen MR) is 105 cm³/mol. The highest BCUT2D eigenvalue weighted by atomic mass is 32.2. The normalized spacial score (nSPS) is 30.1. The molecule has 3 aliphatic rings. The van der Waals surface area contributed by atoms with Gasteiger partial charge in [0, 0.05) is 6.04 Å². The molecule has 2 N–H and O–H groups in total. The lowest BCUT2D eigenvalue weighted by molar-refractivity contribution is 0.00281. The Morgan fingerprint density at radius 3 is 2.45 bits per heavy atom. The number of sulfonamides is 1. The maximum Gasteiger partial charge on any atom is 0.407 e. The Hall–Kier alpha value is -1.68. The molecule has 0 bridgehead atoms. The molecule has 160 valence electrons. The summed E-state index contributed by atoms with van der Waals surface area (Å²) in [6.45, 7) is 2.26. The van der Waals surface area contributed by atoms with Crippen molar-refractivity contribution in [2.24, 2.45) is 0 Å². The van der Waals surface area contributed by atoms with Crippen LogP contribution in [0.5, 0.6) is 0 Å². The van der Waals surface area contributed by atoms with Gasteiger partial charge in [-0.1, -0.05) is 37.0 Å². The third kappa shape index (κ3) is 4.74. The first-order chi connectivity index (χ1) is 13.9. The number of carbonyl (C=O) groups excluding carboxylic acids is 1. The molecule has 4 rings (SSSR count). The summed E-state index contributed by atoms with van der Waals surface area (Å²) in [4.78, 5) is 12.4. The Bertz CT molecular complexity index is 822. The molecule has 29 heavy (non-hydrogen) atoms. The molecule has 8 nitrogen and oxygen atoms in total. The molecule has 0 spiro atoms. The van der Waals surface area contributed by atoms with Crippen molar-refractivity contribution in [2.75, 3.05) is 13.2 Å². The summed E-state index contributed by atoms with van der Waals surface area (Å²) in [6.07, 6.45) is 3.43. The number of alkyl carbamates (subject to hydrolysis) is 1. The zero-order valence-corrected chi connectivity index (χ0v) is 17.3. The summed E-state index contributed by atoms with van der Waals surface area (Å²) in [5.74, 6) is 0. The number of ether oxygens (including phenoxy) is 3. The Labute approximate surface area is 171 Å². The molecule has 1 aromatic rings. The van der Waals surface area contributed by atoms with Crippen molar-refractivity contribution in [1.82, 2.24) is 10.0 Å². The van der Waals surface area contributed by atoms with Crippen LogP contribution in [-0.2, 0) is 24.2 Å². The van der Waals surface area contributed by atoms with Gasteiger partial charge in [0.15, 0.2) is 6.10 Å². The van der Waals surface area contributed by atoms with Gasteiger partial charge in [-0.05, 0) is 31.9 Å². The lowest BCUT2D eigenvalue weighted by Crippen LogP contribution is -2.45. The van der Waals surface area contributed by atoms with Crippen molar-refractivity contribution in [3.05, 3.63) is 29.8 Å². The number of fused-ring (bicyclic) bond motifs is 1. The zero-order valence-electron chi connectivity index (χ0n) is 16.5. The highest BCUT2D eigenvalue weighted by molar-refractivity contribution is 7.89. The summed E-state index contributed by atoms with van der Waals surface area (Å²) < 4.78 is 45.0. The maximum atomic E-state index is 12.7. The fraction of sp³-hybridized carbons (Fsp3) is 0.650. The van der Waals surface area contributed by atoms with Crippen LogP contribution in [0.2, 0.25) is 0 Å². The van der Waals surface area contributed by atoms with Crippen LogP contribution >= 0.6 is 0 Å². The topological polar surface area (TPSA) is 103 Å². The maximum absolute atomic E-state index is 12.7. The van der Waals surface area contributed by atoms with Gasteiger partial charge in [0.2, 0.25) is 10.0 Å². The average molecular weight is 425 g/mol. The van der Waals surface area contributed by atoms with Crippen LogP contribution in [-0.4, -0.2) is 58.1 Å². The average Bonchev–Trinajstić information content (AvgIpc) is 3.26. The summed E-state index contributed by atoms with van der Waals surface area (Å²) in [5, 5.41) is 2.92. The van der Waals surface area contributed by atoms with Crippen LogP contribution in [0.15, 0.2) is 29.2 Å². The third-order valence-corrected chi connectivity index (χ3v) is 7.34. The SMILES string of the molecule is Cc1ccc(S(=O)(=O)N[C@@H]2CO[C@@H]3[C@@H]2OC[C@H]3OC(=O)NC2CCCCC2)cc1. The first-order valence-corrected chi connectivity index (χ1v) is 11.7. The molecule has 2 heterocycles. The van der Waals surface area contributed by atoms with Gasteiger partial charge in [0.05, 0.1) is 24.2 Å². The van der Waals surface area contributed by atoms with Crippen molar-refractivity contribution < 1.29 is 27.4 Å². The molecular weight excluding hydrogens is 396 g/mol. The Balaban J connectivity index is 1.32. The van der Waals surface area contributed by atoms with Crippen LogP contribution in [0.4, 0.5) is 4.79 Å². The van der Waals surface area contributed by atoms with Crippen molar-refractivity contribution in [2.45, 2.75) is 74.3 Å². The van der Waals surface area contributed by atoms with E-state index in [2.05, 4.69) is 10.0 Å². The van der Waals surface area contributed by atoms with E-state index in [-0.39, 0.29) is 24.2 Å². The Kier molecular flexibility index (Phi) is 6.10. The minimum Gasteiger partial charge on any atom is -0.441 e. The molecule has 1 saturated carbocycles. The minimum atomic E-state index is -3.69. The molecule has 1 amide bonds. The van der Waals surface area contributed by atoms with E-state index >= 15 is 0 Å². The second-order valence-corrected chi connectivity index (χ2v) is 9.77. The predicted octanol–water partition coefficient (Wildman–Crippen LogP) is 1.87. The fourth-order valence-electron chi connectivity index (χ4n) is 4.24. The van der Waals surface area contributed by atoms with E-state index < -0.39 is 40.5 Å². The standard InChI is InChI=1S/C20H28N2O6S/c1-13-7-9-15(10-8-13)29(24,25)22-16-11-26-19-17(12-27-18(16)19)28-20(23)21-14-5-3-2-4-6-14/h7-10,14,16-19,22H,2-6,11-12H2,1H3,(H,21,23)/t16-,17-,18-,19+/m1/s1. The van der Waals surface area contributed by atoms with Crippen LogP contribution in [0, 0.1) is 6.92 Å². The number of carbonyl (C=O) groups is 1. The van der Waals surface area contributed by atoms with Gasteiger partial charge < -0.3 is 19.5 Å². The second-order valence-electron chi connectivity index (χ2n) is 8.06. The van der Waals surface area contributed by atoms with Gasteiger partial charge in [0.25, 0.3) is 0 Å². The number of nitrogens with one attached hydrogen (secondary N) is 2. The molecule has 0 aromatic heterocycles. The molecule has 4 atom stereocenters. The van der Waals surface area contributed by atoms with E-state index in [1.165, 1.54) is 6.42 Å². The number of hydrogen-bond acceptors (Lipinski definition) is 6. The first-order valence-electron chi connectivity index (χ1n) is 10.2. The van der Waals surface area contributed by atoms with Crippen molar-refractivity contribution in [3.63, 3.8) is 0 Å². The van der Waals surface area contributed by atoms with Crippen molar-refractivity contribution in [3.8, 4) is 0 Å². The molecule has 1 aromatic carbocycles. The van der Waals surface area contributed by atoms with E-state index in [1.807, 2.05) is 6.92 Å². The number of amides is 1. The van der Waals surface area contributed by atoms with Crippen molar-refractivity contribution >= 4 is 16.1 Å². The monoisotopic (exact) mass is 424 g/mol. The number of rotatable bonds is 5. The molecular formula is C20H28N2O6S. The highest BCUT2D eigenvalue weighted by Gasteiger charge is 2.50. The van der Waals surface area contributed by atoms with E-state index in [0.29, 0.717) is 0 Å².